The minimum atomic E-state index is 0.149. The Morgan fingerprint density at radius 1 is 0.368 bits per heavy atom. The zero-order valence-corrected chi connectivity index (χ0v) is 37.2. The summed E-state index contributed by atoms with van der Waals surface area (Å²) >= 11 is 0. The molecule has 1 aliphatic carbocycles. The zero-order valence-electron chi connectivity index (χ0n) is 37.2. The second-order valence-corrected chi connectivity index (χ2v) is 17.8. The first-order chi connectivity index (χ1) is 33.7. The van der Waals surface area contributed by atoms with Crippen molar-refractivity contribution in [1.29, 1.82) is 0 Å². The smallest absolute Gasteiger partial charge is 0.0630 e. The molecule has 0 radical (unpaired) electrons. The maximum absolute atomic E-state index is 4.29. The average molecular weight is 869 g/mol. The number of rotatable bonds is 8. The first kappa shape index (κ1) is 39.5. The Kier molecular flexibility index (Phi) is 9.61. The van der Waals surface area contributed by atoms with Gasteiger partial charge in [0.15, 0.2) is 0 Å². The molecular formula is C64H44N4. The number of pyridine rings is 2. The number of allylic oxidation sites excluding steroid dienone is 2. The van der Waals surface area contributed by atoms with Crippen molar-refractivity contribution in [1.82, 2.24) is 14.5 Å². The fraction of sp³-hybridized carbons (Fsp3) is 0.0312. The molecule has 1 aliphatic heterocycles. The summed E-state index contributed by atoms with van der Waals surface area (Å²) in [6.45, 7) is 0. The van der Waals surface area contributed by atoms with Gasteiger partial charge in [0, 0.05) is 58.5 Å². The van der Waals surface area contributed by atoms with Gasteiger partial charge in [0.25, 0.3) is 0 Å². The van der Waals surface area contributed by atoms with Crippen LogP contribution in [-0.4, -0.2) is 20.6 Å². The van der Waals surface area contributed by atoms with Crippen LogP contribution in [0.15, 0.2) is 255 Å². The molecule has 0 fully saturated rings. The molecule has 13 rings (SSSR count). The molecule has 2 unspecified atom stereocenters. The van der Waals surface area contributed by atoms with E-state index in [0.717, 1.165) is 16.8 Å². The molecule has 320 valence electrons. The Labute approximate surface area is 396 Å². The van der Waals surface area contributed by atoms with Crippen LogP contribution in [0.3, 0.4) is 0 Å². The lowest BCUT2D eigenvalue weighted by atomic mass is 9.84. The van der Waals surface area contributed by atoms with Crippen molar-refractivity contribution in [3.05, 3.63) is 266 Å². The van der Waals surface area contributed by atoms with E-state index in [1.54, 1.807) is 0 Å². The van der Waals surface area contributed by atoms with Gasteiger partial charge in [-0.3, -0.25) is 9.97 Å². The highest BCUT2D eigenvalue weighted by atomic mass is 15.2. The highest BCUT2D eigenvalue weighted by Crippen LogP contribution is 2.51. The summed E-state index contributed by atoms with van der Waals surface area (Å²) in [6.07, 6.45) is 14.7. The van der Waals surface area contributed by atoms with Gasteiger partial charge in [-0.15, -0.1) is 0 Å². The quantitative estimate of drug-likeness (QED) is 0.153. The molecule has 0 bridgehead atoms. The number of anilines is 2. The number of aromatic nitrogens is 3. The van der Waals surface area contributed by atoms with Crippen LogP contribution in [0.5, 0.6) is 0 Å². The summed E-state index contributed by atoms with van der Waals surface area (Å²) in [5.74, 6) is 0.153. The third-order valence-electron chi connectivity index (χ3n) is 13.9. The molecule has 4 heterocycles. The van der Waals surface area contributed by atoms with Gasteiger partial charge < -0.3 is 9.47 Å². The lowest BCUT2D eigenvalue weighted by Gasteiger charge is -2.29. The van der Waals surface area contributed by atoms with Crippen molar-refractivity contribution >= 4 is 38.8 Å². The van der Waals surface area contributed by atoms with Crippen LogP contribution in [-0.2, 0) is 0 Å². The summed E-state index contributed by atoms with van der Waals surface area (Å²) in [4.78, 5) is 11.1. The van der Waals surface area contributed by atoms with Crippen molar-refractivity contribution in [3.63, 3.8) is 0 Å². The van der Waals surface area contributed by atoms with Crippen LogP contribution in [0.2, 0.25) is 0 Å². The van der Waals surface area contributed by atoms with Crippen molar-refractivity contribution in [2.75, 3.05) is 4.90 Å². The summed E-state index contributed by atoms with van der Waals surface area (Å²) in [5.41, 5.74) is 21.6. The van der Waals surface area contributed by atoms with Gasteiger partial charge in [-0.05, 0) is 163 Å². The van der Waals surface area contributed by atoms with Crippen molar-refractivity contribution in [3.8, 4) is 61.3 Å². The number of fused-ring (bicyclic) bond motifs is 6. The maximum Gasteiger partial charge on any atom is 0.0630 e. The van der Waals surface area contributed by atoms with E-state index in [4.69, 9.17) is 0 Å². The summed E-state index contributed by atoms with van der Waals surface area (Å²) in [5, 5.41) is 2.44. The Morgan fingerprint density at radius 3 is 1.50 bits per heavy atom. The van der Waals surface area contributed by atoms with Gasteiger partial charge in [0.2, 0.25) is 0 Å². The molecule has 0 spiro atoms. The van der Waals surface area contributed by atoms with Crippen LogP contribution in [0.25, 0.3) is 88.7 Å². The Bertz CT molecular complexity index is 3740. The summed E-state index contributed by atoms with van der Waals surface area (Å²) < 4.78 is 2.40. The SMILES string of the molecule is C1=CC2C(C=C1c1cccc(-c3ccc4c(c3)c3cc(-c5ccccc5-c5ccncc5)ccc3n4-c3ccccc3)c1)c1cc(-c3ccccc3-c3ccncc3)ccc1N2c1ccccc1. The average Bonchev–Trinajstić information content (AvgIpc) is 3.93. The standard InChI is InChI=1S/C64H44N4/c1-3-14-51(15-4-1)67-61-26-22-47(39-57(61)59-41-49(24-28-63(59)67)55-20-9-7-18-53(55)43-30-34-65-35-31-43)45-12-11-13-46(38-45)48-23-27-62-58(40-48)60-42-50(25-29-64(60)68(62)52-16-5-2-6-17-52)56-21-10-8-19-54(56)44-32-36-66-37-33-44/h1-42,57,61H. The second kappa shape index (κ2) is 16.5. The predicted octanol–water partition coefficient (Wildman–Crippen LogP) is 16.2. The van der Waals surface area contributed by atoms with E-state index in [1.165, 1.54) is 94.4 Å². The Morgan fingerprint density at radius 2 is 0.868 bits per heavy atom. The first-order valence-corrected chi connectivity index (χ1v) is 23.4. The molecule has 4 nitrogen and oxygen atoms in total. The molecule has 8 aromatic carbocycles. The molecule has 11 aromatic rings. The molecule has 3 aromatic heterocycles. The minimum Gasteiger partial charge on any atom is -0.333 e. The van der Waals surface area contributed by atoms with Crippen LogP contribution in [0.4, 0.5) is 11.4 Å². The molecule has 68 heavy (non-hydrogen) atoms. The largest absolute Gasteiger partial charge is 0.333 e. The highest BCUT2D eigenvalue weighted by molar-refractivity contribution is 6.12. The number of benzene rings is 8. The number of hydrogen-bond acceptors (Lipinski definition) is 3. The van der Waals surface area contributed by atoms with Gasteiger partial charge in [-0.2, -0.15) is 0 Å². The molecule has 0 N–H and O–H groups in total. The molecule has 0 saturated heterocycles. The lowest BCUT2D eigenvalue weighted by Crippen LogP contribution is -2.28. The van der Waals surface area contributed by atoms with Gasteiger partial charge in [-0.1, -0.05) is 140 Å². The molecule has 4 heteroatoms. The fourth-order valence-corrected chi connectivity index (χ4v) is 10.8. The van der Waals surface area contributed by atoms with Gasteiger partial charge in [-0.25, -0.2) is 0 Å². The van der Waals surface area contributed by atoms with Gasteiger partial charge in [0.05, 0.1) is 17.1 Å². The normalized spacial score (nSPS) is 15.1. The van der Waals surface area contributed by atoms with Crippen LogP contribution in [0.1, 0.15) is 17.0 Å². The summed E-state index contributed by atoms with van der Waals surface area (Å²) in [6, 6.07) is 77.5. The van der Waals surface area contributed by atoms with Crippen LogP contribution >= 0.6 is 0 Å². The zero-order chi connectivity index (χ0) is 45.0. The number of nitrogens with zero attached hydrogens (tertiary/aromatic N) is 4. The van der Waals surface area contributed by atoms with E-state index in [0.29, 0.717) is 0 Å². The van der Waals surface area contributed by atoms with E-state index in [1.807, 2.05) is 24.8 Å². The van der Waals surface area contributed by atoms with Crippen molar-refractivity contribution in [2.24, 2.45) is 0 Å². The molecular weight excluding hydrogens is 825 g/mol. The van der Waals surface area contributed by atoms with Crippen LogP contribution in [0, 0.1) is 0 Å². The summed E-state index contributed by atoms with van der Waals surface area (Å²) in [7, 11) is 0. The van der Waals surface area contributed by atoms with Crippen molar-refractivity contribution < 1.29 is 0 Å². The Hall–Kier alpha value is -8.86. The van der Waals surface area contributed by atoms with E-state index >= 15 is 0 Å². The third kappa shape index (κ3) is 6.77. The second-order valence-electron chi connectivity index (χ2n) is 17.8. The molecule has 0 saturated carbocycles. The molecule has 0 amide bonds. The molecule has 2 atom stereocenters. The van der Waals surface area contributed by atoms with Gasteiger partial charge >= 0.3 is 0 Å². The van der Waals surface area contributed by atoms with Crippen LogP contribution < -0.4 is 4.90 Å². The Balaban J connectivity index is 0.909. The van der Waals surface area contributed by atoms with Gasteiger partial charge in [0.1, 0.15) is 0 Å². The first-order valence-electron chi connectivity index (χ1n) is 23.4. The van der Waals surface area contributed by atoms with E-state index in [9.17, 15) is 0 Å². The van der Waals surface area contributed by atoms with E-state index in [2.05, 4.69) is 250 Å². The monoisotopic (exact) mass is 868 g/mol. The van der Waals surface area contributed by atoms with E-state index in [-0.39, 0.29) is 12.0 Å². The predicted molar refractivity (Wildman–Crippen MR) is 282 cm³/mol. The molecule has 2 aliphatic rings. The lowest BCUT2D eigenvalue weighted by molar-refractivity contribution is 0.747. The highest BCUT2D eigenvalue weighted by Gasteiger charge is 2.38. The van der Waals surface area contributed by atoms with Crippen molar-refractivity contribution in [2.45, 2.75) is 12.0 Å². The topological polar surface area (TPSA) is 34.0 Å². The third-order valence-corrected chi connectivity index (χ3v) is 13.9. The fourth-order valence-electron chi connectivity index (χ4n) is 10.8. The van der Waals surface area contributed by atoms with E-state index < -0.39 is 0 Å². The minimum absolute atomic E-state index is 0.149. The number of para-hydroxylation sites is 2. The number of hydrogen-bond donors (Lipinski definition) is 0. The maximum atomic E-state index is 4.29.